The summed E-state index contributed by atoms with van der Waals surface area (Å²) in [5, 5.41) is 3.00. The van der Waals surface area contributed by atoms with Crippen LogP contribution >= 0.6 is 11.6 Å². The Hall–Kier alpha value is -1.81. The van der Waals surface area contributed by atoms with Gasteiger partial charge in [0.15, 0.2) is 0 Å². The average Bonchev–Trinajstić information content (AvgIpc) is 2.45. The maximum absolute atomic E-state index is 12.1. The highest BCUT2D eigenvalue weighted by molar-refractivity contribution is 6.33. The van der Waals surface area contributed by atoms with Gasteiger partial charge in [0, 0.05) is 0 Å². The monoisotopic (exact) mass is 295 g/mol. The third-order valence-electron chi connectivity index (χ3n) is 2.81. The first-order valence-electron chi connectivity index (χ1n) is 6.34. The lowest BCUT2D eigenvalue weighted by molar-refractivity contribution is -0.143. The Bertz CT molecular complexity index is 488. The Balaban J connectivity index is 2.73. The number of esters is 1. The van der Waals surface area contributed by atoms with Crippen molar-refractivity contribution in [1.82, 2.24) is 5.32 Å². The van der Waals surface area contributed by atoms with Crippen LogP contribution in [-0.2, 0) is 9.53 Å². The molecule has 1 amide bonds. The van der Waals surface area contributed by atoms with Crippen LogP contribution in [-0.4, -0.2) is 25.0 Å². The van der Waals surface area contributed by atoms with E-state index in [0.717, 1.165) is 12.8 Å². The molecule has 1 rings (SSSR count). The number of carbonyl (C=O) groups is 2. The average molecular weight is 296 g/mol. The quantitative estimate of drug-likeness (QED) is 0.478. The number of unbranched alkanes of at least 4 members (excludes halogenated alkanes) is 1. The number of halogens is 1. The number of amides is 1. The Morgan fingerprint density at radius 3 is 2.75 bits per heavy atom. The van der Waals surface area contributed by atoms with Gasteiger partial charge in [-0.05, 0) is 31.4 Å². The molecule has 0 saturated heterocycles. The number of rotatable bonds is 7. The fourth-order valence-corrected chi connectivity index (χ4v) is 1.96. The van der Waals surface area contributed by atoms with Crippen LogP contribution in [0.1, 0.15) is 29.6 Å². The number of nitrogens with one attached hydrogen (secondary N) is 1. The topological polar surface area (TPSA) is 55.4 Å². The van der Waals surface area contributed by atoms with Crippen molar-refractivity contribution in [2.75, 3.05) is 7.11 Å². The Morgan fingerprint density at radius 1 is 1.45 bits per heavy atom. The first-order chi connectivity index (χ1) is 9.60. The molecule has 4 nitrogen and oxygen atoms in total. The number of methoxy groups -OCH3 is 1. The smallest absolute Gasteiger partial charge is 0.328 e. The van der Waals surface area contributed by atoms with E-state index in [1.54, 1.807) is 30.3 Å². The van der Waals surface area contributed by atoms with Crippen LogP contribution in [0.2, 0.25) is 5.02 Å². The molecule has 5 heteroatoms. The van der Waals surface area contributed by atoms with E-state index in [0.29, 0.717) is 17.0 Å². The first-order valence-corrected chi connectivity index (χ1v) is 6.72. The summed E-state index contributed by atoms with van der Waals surface area (Å²) in [5.41, 5.74) is 0.340. The maximum atomic E-state index is 12.1. The third-order valence-corrected chi connectivity index (χ3v) is 3.14. The molecule has 1 N–H and O–H groups in total. The van der Waals surface area contributed by atoms with E-state index in [9.17, 15) is 9.59 Å². The van der Waals surface area contributed by atoms with Gasteiger partial charge in [-0.1, -0.05) is 29.8 Å². The number of ether oxygens (including phenoxy) is 1. The molecule has 0 heterocycles. The molecule has 1 aromatic rings. The molecule has 0 aliphatic heterocycles. The van der Waals surface area contributed by atoms with Gasteiger partial charge in [0.05, 0.1) is 17.7 Å². The predicted octanol–water partition coefficient (Wildman–Crippen LogP) is 2.97. The zero-order valence-corrected chi connectivity index (χ0v) is 12.2. The predicted molar refractivity (Wildman–Crippen MR) is 78.8 cm³/mol. The second kappa shape index (κ2) is 8.38. The minimum atomic E-state index is -0.677. The number of carbonyl (C=O) groups excluding carboxylic acids is 2. The van der Waals surface area contributed by atoms with Crippen LogP contribution in [0.3, 0.4) is 0 Å². The fraction of sp³-hybridized carbons (Fsp3) is 0.333. The number of hydrogen-bond donors (Lipinski definition) is 1. The van der Waals surface area contributed by atoms with Gasteiger partial charge in [-0.2, -0.15) is 0 Å². The second-order valence-electron chi connectivity index (χ2n) is 4.25. The van der Waals surface area contributed by atoms with Gasteiger partial charge in [0.25, 0.3) is 5.91 Å². The molecule has 0 aliphatic carbocycles. The van der Waals surface area contributed by atoms with Crippen LogP contribution in [0.25, 0.3) is 0 Å². The lowest BCUT2D eigenvalue weighted by Crippen LogP contribution is -2.41. The van der Waals surface area contributed by atoms with E-state index in [4.69, 9.17) is 16.3 Å². The highest BCUT2D eigenvalue weighted by Crippen LogP contribution is 2.15. The second-order valence-corrected chi connectivity index (χ2v) is 4.66. The summed E-state index contributed by atoms with van der Waals surface area (Å²) < 4.78 is 4.70. The molecule has 0 unspecified atom stereocenters. The van der Waals surface area contributed by atoms with E-state index in [2.05, 4.69) is 11.9 Å². The molecule has 0 saturated carbocycles. The molecule has 20 heavy (non-hydrogen) atoms. The Labute approximate surface area is 123 Å². The third kappa shape index (κ3) is 4.70. The normalized spacial score (nSPS) is 11.5. The van der Waals surface area contributed by atoms with Crippen molar-refractivity contribution in [3.63, 3.8) is 0 Å². The van der Waals surface area contributed by atoms with Crippen LogP contribution in [0, 0.1) is 0 Å². The number of benzene rings is 1. The first kappa shape index (κ1) is 16.2. The molecule has 1 aromatic carbocycles. The van der Waals surface area contributed by atoms with Crippen LogP contribution in [0.15, 0.2) is 36.9 Å². The summed E-state index contributed by atoms with van der Waals surface area (Å²) in [6.45, 7) is 3.62. The molecule has 1 atom stereocenters. The van der Waals surface area contributed by atoms with Crippen molar-refractivity contribution >= 4 is 23.5 Å². The lowest BCUT2D eigenvalue weighted by atomic mass is 10.1. The highest BCUT2D eigenvalue weighted by Gasteiger charge is 2.22. The molecule has 108 valence electrons. The summed E-state index contributed by atoms with van der Waals surface area (Å²) >= 11 is 5.95. The van der Waals surface area contributed by atoms with Crippen molar-refractivity contribution in [3.8, 4) is 0 Å². The van der Waals surface area contributed by atoms with E-state index < -0.39 is 12.0 Å². The molecule has 0 aromatic heterocycles. The van der Waals surface area contributed by atoms with Crippen molar-refractivity contribution in [2.24, 2.45) is 0 Å². The highest BCUT2D eigenvalue weighted by atomic mass is 35.5. The number of allylic oxidation sites excluding steroid dienone is 1. The SMILES string of the molecule is C=CCCC[C@H](NC(=O)c1ccccc1Cl)C(=O)OC. The Morgan fingerprint density at radius 2 is 2.15 bits per heavy atom. The van der Waals surface area contributed by atoms with E-state index >= 15 is 0 Å². The van der Waals surface area contributed by atoms with Crippen molar-refractivity contribution < 1.29 is 14.3 Å². The summed E-state index contributed by atoms with van der Waals surface area (Å²) in [5.74, 6) is -0.848. The largest absolute Gasteiger partial charge is 0.467 e. The van der Waals surface area contributed by atoms with Gasteiger partial charge in [0.2, 0.25) is 0 Å². The molecular formula is C15H18ClNO3. The minimum Gasteiger partial charge on any atom is -0.467 e. The summed E-state index contributed by atoms with van der Waals surface area (Å²) in [7, 11) is 1.30. The lowest BCUT2D eigenvalue weighted by Gasteiger charge is -2.16. The van der Waals surface area contributed by atoms with Gasteiger partial charge >= 0.3 is 5.97 Å². The zero-order valence-electron chi connectivity index (χ0n) is 11.4. The van der Waals surface area contributed by atoms with Crippen molar-refractivity contribution in [3.05, 3.63) is 47.5 Å². The molecule has 0 fully saturated rings. The van der Waals surface area contributed by atoms with Crippen LogP contribution in [0.5, 0.6) is 0 Å². The molecule has 0 spiro atoms. The summed E-state index contributed by atoms with van der Waals surface area (Å²) in [6, 6.07) is 6.01. The Kier molecular flexibility index (Phi) is 6.81. The van der Waals surface area contributed by atoms with Gasteiger partial charge in [-0.3, -0.25) is 4.79 Å². The summed E-state index contributed by atoms with van der Waals surface area (Å²) in [6.07, 6.45) is 3.78. The van der Waals surface area contributed by atoms with Gasteiger partial charge in [-0.25, -0.2) is 4.79 Å². The maximum Gasteiger partial charge on any atom is 0.328 e. The van der Waals surface area contributed by atoms with Crippen LogP contribution in [0.4, 0.5) is 0 Å². The zero-order chi connectivity index (χ0) is 15.0. The molecular weight excluding hydrogens is 278 g/mol. The van der Waals surface area contributed by atoms with Gasteiger partial charge < -0.3 is 10.1 Å². The van der Waals surface area contributed by atoms with E-state index in [1.165, 1.54) is 7.11 Å². The van der Waals surface area contributed by atoms with E-state index in [1.807, 2.05) is 0 Å². The molecule has 0 bridgehead atoms. The van der Waals surface area contributed by atoms with Crippen molar-refractivity contribution in [1.29, 1.82) is 0 Å². The molecule has 0 radical (unpaired) electrons. The van der Waals surface area contributed by atoms with Gasteiger partial charge in [0.1, 0.15) is 6.04 Å². The standard InChI is InChI=1S/C15H18ClNO3/c1-3-4-5-10-13(15(19)20-2)17-14(18)11-8-6-7-9-12(11)16/h3,6-9,13H,1,4-5,10H2,2H3,(H,17,18)/t13-/m0/s1. The minimum absolute atomic E-state index is 0.340. The molecule has 0 aliphatic rings. The van der Waals surface area contributed by atoms with Crippen LogP contribution < -0.4 is 5.32 Å². The number of hydrogen-bond acceptors (Lipinski definition) is 3. The summed E-state index contributed by atoms with van der Waals surface area (Å²) in [4.78, 5) is 23.8. The van der Waals surface area contributed by atoms with E-state index in [-0.39, 0.29) is 5.91 Å². The van der Waals surface area contributed by atoms with Gasteiger partial charge in [-0.15, -0.1) is 6.58 Å². The van der Waals surface area contributed by atoms with Crippen molar-refractivity contribution in [2.45, 2.75) is 25.3 Å². The fourth-order valence-electron chi connectivity index (χ4n) is 1.74.